The summed E-state index contributed by atoms with van der Waals surface area (Å²) in [6, 6.07) is 20.3. The van der Waals surface area contributed by atoms with Crippen LogP contribution < -0.4 is 10.2 Å². The number of hydrogen-bond acceptors (Lipinski definition) is 5. The van der Waals surface area contributed by atoms with Crippen LogP contribution in [0.2, 0.25) is 10.0 Å². The molecule has 0 saturated heterocycles. The predicted octanol–water partition coefficient (Wildman–Crippen LogP) is 5.95. The smallest absolute Gasteiger partial charge is 0.253 e. The van der Waals surface area contributed by atoms with E-state index in [1.165, 1.54) is 23.4 Å². The van der Waals surface area contributed by atoms with Gasteiger partial charge in [0, 0.05) is 27.4 Å². The lowest BCUT2D eigenvalue weighted by Crippen LogP contribution is -2.30. The van der Waals surface area contributed by atoms with E-state index in [9.17, 15) is 9.59 Å². The number of fused-ring (bicyclic) bond motifs is 1. The summed E-state index contributed by atoms with van der Waals surface area (Å²) in [6.07, 6.45) is 0.849. The van der Waals surface area contributed by atoms with Gasteiger partial charge in [0.2, 0.25) is 5.91 Å². The van der Waals surface area contributed by atoms with Gasteiger partial charge in [-0.15, -0.1) is 10.2 Å². The summed E-state index contributed by atoms with van der Waals surface area (Å²) in [5.41, 5.74) is 3.22. The molecule has 0 spiro atoms. The number of carbonyl (C=O) groups excluding carboxylic acids is 2. The predicted molar refractivity (Wildman–Crippen MR) is 150 cm³/mol. The highest BCUT2D eigenvalue weighted by molar-refractivity contribution is 9.10. The van der Waals surface area contributed by atoms with Gasteiger partial charge < -0.3 is 10.2 Å². The summed E-state index contributed by atoms with van der Waals surface area (Å²) in [5, 5.41) is 12.8. The minimum Gasteiger partial charge on any atom is -0.345 e. The number of rotatable bonds is 7. The number of benzene rings is 3. The van der Waals surface area contributed by atoms with Crippen molar-refractivity contribution in [2.24, 2.45) is 0 Å². The summed E-state index contributed by atoms with van der Waals surface area (Å²) < 4.78 is 2.76. The van der Waals surface area contributed by atoms with Crippen molar-refractivity contribution in [3.05, 3.63) is 98.2 Å². The summed E-state index contributed by atoms with van der Waals surface area (Å²) in [6.45, 7) is 0.764. The van der Waals surface area contributed by atoms with Crippen LogP contribution in [0.3, 0.4) is 0 Å². The van der Waals surface area contributed by atoms with E-state index in [1.807, 2.05) is 51.9 Å². The standard InChI is InChI=1S/C26H20BrCl2N5O2S/c27-17-5-8-19(9-6-17)34-23(14-30-25(36)20-13-18(28)7-10-21(20)29)31-32-26(34)37-15-24(35)33-12-11-16-3-1-2-4-22(16)33/h1-10,13H,11-12,14-15H2,(H,30,36). The maximum absolute atomic E-state index is 13.1. The number of aromatic nitrogens is 3. The Labute approximate surface area is 236 Å². The van der Waals surface area contributed by atoms with Crippen LogP contribution in [0, 0.1) is 0 Å². The highest BCUT2D eigenvalue weighted by atomic mass is 79.9. The Bertz CT molecular complexity index is 1480. The monoisotopic (exact) mass is 615 g/mol. The Morgan fingerprint density at radius 1 is 1.03 bits per heavy atom. The fourth-order valence-electron chi connectivity index (χ4n) is 4.09. The molecule has 1 N–H and O–H groups in total. The van der Waals surface area contributed by atoms with Crippen LogP contribution in [0.5, 0.6) is 0 Å². The average molecular weight is 617 g/mol. The molecule has 0 aliphatic carbocycles. The Kier molecular flexibility index (Phi) is 7.85. The van der Waals surface area contributed by atoms with Crippen molar-refractivity contribution in [1.29, 1.82) is 0 Å². The van der Waals surface area contributed by atoms with Crippen molar-refractivity contribution >= 4 is 68.4 Å². The molecule has 5 rings (SSSR count). The molecule has 3 aromatic carbocycles. The number of halogens is 3. The molecule has 0 fully saturated rings. The molecule has 0 unspecified atom stereocenters. The van der Waals surface area contributed by atoms with E-state index in [-0.39, 0.29) is 29.7 Å². The minimum absolute atomic E-state index is 0.00533. The maximum atomic E-state index is 13.1. The van der Waals surface area contributed by atoms with Gasteiger partial charge in [0.15, 0.2) is 11.0 Å². The van der Waals surface area contributed by atoms with Crippen LogP contribution in [-0.2, 0) is 17.8 Å². The first kappa shape index (κ1) is 25.8. The Morgan fingerprint density at radius 2 is 1.81 bits per heavy atom. The molecule has 188 valence electrons. The molecule has 2 heterocycles. The van der Waals surface area contributed by atoms with E-state index in [4.69, 9.17) is 23.2 Å². The van der Waals surface area contributed by atoms with E-state index >= 15 is 0 Å². The highest BCUT2D eigenvalue weighted by Gasteiger charge is 2.25. The molecule has 0 saturated carbocycles. The third kappa shape index (κ3) is 5.70. The van der Waals surface area contributed by atoms with E-state index < -0.39 is 0 Å². The van der Waals surface area contributed by atoms with Crippen LogP contribution in [0.1, 0.15) is 21.7 Å². The Morgan fingerprint density at radius 3 is 2.62 bits per heavy atom. The number of hydrogen-bond donors (Lipinski definition) is 1. The third-order valence-corrected chi connectivity index (χ3v) is 7.89. The molecule has 1 aliphatic heterocycles. The van der Waals surface area contributed by atoms with E-state index in [0.717, 1.165) is 22.3 Å². The fourth-order valence-corrected chi connectivity index (χ4v) is 5.57. The van der Waals surface area contributed by atoms with Gasteiger partial charge in [-0.3, -0.25) is 14.2 Å². The summed E-state index contributed by atoms with van der Waals surface area (Å²) >= 11 is 17.0. The number of para-hydroxylation sites is 1. The molecule has 1 aromatic heterocycles. The second-order valence-corrected chi connectivity index (χ2v) is 10.9. The van der Waals surface area contributed by atoms with Gasteiger partial charge in [0.1, 0.15) is 0 Å². The van der Waals surface area contributed by atoms with E-state index in [0.29, 0.717) is 27.6 Å². The minimum atomic E-state index is -0.380. The van der Waals surface area contributed by atoms with Gasteiger partial charge in [-0.1, -0.05) is 69.1 Å². The molecular weight excluding hydrogens is 597 g/mol. The van der Waals surface area contributed by atoms with Crippen molar-refractivity contribution in [2.45, 2.75) is 18.1 Å². The zero-order chi connectivity index (χ0) is 25.9. The molecule has 37 heavy (non-hydrogen) atoms. The van der Waals surface area contributed by atoms with Gasteiger partial charge in [-0.25, -0.2) is 0 Å². The first-order chi connectivity index (χ1) is 17.9. The molecule has 0 radical (unpaired) electrons. The molecule has 7 nitrogen and oxygen atoms in total. The highest BCUT2D eigenvalue weighted by Crippen LogP contribution is 2.30. The normalized spacial score (nSPS) is 12.5. The quantitative estimate of drug-likeness (QED) is 0.260. The van der Waals surface area contributed by atoms with Crippen LogP contribution in [-0.4, -0.2) is 38.9 Å². The zero-order valence-corrected chi connectivity index (χ0v) is 23.2. The van der Waals surface area contributed by atoms with Crippen LogP contribution in [0.15, 0.2) is 76.4 Å². The van der Waals surface area contributed by atoms with Crippen molar-refractivity contribution in [2.75, 3.05) is 17.2 Å². The van der Waals surface area contributed by atoms with Gasteiger partial charge in [-0.05, 0) is 60.5 Å². The molecule has 11 heteroatoms. The molecule has 1 aliphatic rings. The Balaban J connectivity index is 1.35. The van der Waals surface area contributed by atoms with Crippen molar-refractivity contribution < 1.29 is 9.59 Å². The van der Waals surface area contributed by atoms with Crippen molar-refractivity contribution in [3.63, 3.8) is 0 Å². The van der Waals surface area contributed by atoms with Crippen molar-refractivity contribution in [1.82, 2.24) is 20.1 Å². The number of amides is 2. The lowest BCUT2D eigenvalue weighted by molar-refractivity contribution is -0.116. The number of nitrogens with zero attached hydrogens (tertiary/aromatic N) is 4. The number of nitrogens with one attached hydrogen (secondary N) is 1. The van der Waals surface area contributed by atoms with Crippen LogP contribution in [0.4, 0.5) is 5.69 Å². The second-order valence-electron chi connectivity index (χ2n) is 8.23. The third-order valence-electron chi connectivity index (χ3n) is 5.88. The SMILES string of the molecule is O=C(NCc1nnc(SCC(=O)N2CCc3ccccc32)n1-c1ccc(Br)cc1)c1cc(Cl)ccc1Cl. The molecule has 4 aromatic rings. The van der Waals surface area contributed by atoms with Gasteiger partial charge in [0.05, 0.1) is 22.9 Å². The lowest BCUT2D eigenvalue weighted by Gasteiger charge is -2.17. The summed E-state index contributed by atoms with van der Waals surface area (Å²) in [4.78, 5) is 27.7. The molecular formula is C26H20BrCl2N5O2S. The lowest BCUT2D eigenvalue weighted by atomic mass is 10.2. The topological polar surface area (TPSA) is 80.1 Å². The van der Waals surface area contributed by atoms with Crippen molar-refractivity contribution in [3.8, 4) is 5.69 Å². The van der Waals surface area contributed by atoms with E-state index in [2.05, 4.69) is 37.5 Å². The van der Waals surface area contributed by atoms with Gasteiger partial charge in [0.25, 0.3) is 5.91 Å². The first-order valence-corrected chi connectivity index (χ1v) is 13.9. The van der Waals surface area contributed by atoms with Gasteiger partial charge in [-0.2, -0.15) is 0 Å². The van der Waals surface area contributed by atoms with Crippen LogP contribution >= 0.6 is 50.9 Å². The van der Waals surface area contributed by atoms with Crippen LogP contribution in [0.25, 0.3) is 5.69 Å². The number of anilines is 1. The fraction of sp³-hybridized carbons (Fsp3) is 0.154. The number of carbonyl (C=O) groups is 2. The maximum Gasteiger partial charge on any atom is 0.253 e. The molecule has 0 bridgehead atoms. The molecule has 0 atom stereocenters. The number of thioether (sulfide) groups is 1. The van der Waals surface area contributed by atoms with E-state index in [1.54, 1.807) is 12.1 Å². The molecule has 2 amide bonds. The zero-order valence-electron chi connectivity index (χ0n) is 19.3. The second kappa shape index (κ2) is 11.3. The van der Waals surface area contributed by atoms with Gasteiger partial charge >= 0.3 is 0 Å². The average Bonchev–Trinajstić information content (AvgIpc) is 3.52. The largest absolute Gasteiger partial charge is 0.345 e. The Hall–Kier alpha value is -2.85. The first-order valence-electron chi connectivity index (χ1n) is 11.4. The summed E-state index contributed by atoms with van der Waals surface area (Å²) in [7, 11) is 0. The summed E-state index contributed by atoms with van der Waals surface area (Å²) in [5.74, 6) is 0.337.